The third-order valence-corrected chi connectivity index (χ3v) is 5.07. The van der Waals surface area contributed by atoms with Crippen LogP contribution in [0.3, 0.4) is 0 Å². The Bertz CT molecular complexity index is 1100. The van der Waals surface area contributed by atoms with Crippen LogP contribution in [-0.2, 0) is 5.75 Å². The predicted octanol–water partition coefficient (Wildman–Crippen LogP) is 5.11. The van der Waals surface area contributed by atoms with Gasteiger partial charge in [-0.3, -0.25) is 4.57 Å². The molecule has 2 aromatic carbocycles. The van der Waals surface area contributed by atoms with E-state index < -0.39 is 11.6 Å². The van der Waals surface area contributed by atoms with Gasteiger partial charge in [0.2, 0.25) is 5.82 Å². The minimum Gasteiger partial charge on any atom is -0.495 e. The Morgan fingerprint density at radius 3 is 2.68 bits per heavy atom. The van der Waals surface area contributed by atoms with Crippen molar-refractivity contribution in [1.29, 1.82) is 0 Å². The molecule has 0 aliphatic heterocycles. The summed E-state index contributed by atoms with van der Waals surface area (Å²) in [6.07, 6.45) is 1.55. The number of methoxy groups -OCH3 is 1. The summed E-state index contributed by atoms with van der Waals surface area (Å²) in [5, 5.41) is 8.97. The van der Waals surface area contributed by atoms with Crippen LogP contribution >= 0.6 is 11.8 Å². The summed E-state index contributed by atoms with van der Waals surface area (Å²) in [5.41, 5.74) is 0.961. The largest absolute Gasteiger partial charge is 0.495 e. The highest BCUT2D eigenvalue weighted by Crippen LogP contribution is 2.34. The van der Waals surface area contributed by atoms with Gasteiger partial charge >= 0.3 is 0 Å². The van der Waals surface area contributed by atoms with E-state index >= 15 is 0 Å². The van der Waals surface area contributed by atoms with Crippen LogP contribution in [0.1, 0.15) is 5.56 Å². The molecule has 0 fully saturated rings. The quantitative estimate of drug-likeness (QED) is 0.422. The van der Waals surface area contributed by atoms with Crippen molar-refractivity contribution in [2.24, 2.45) is 0 Å². The van der Waals surface area contributed by atoms with Gasteiger partial charge in [-0.2, -0.15) is 0 Å². The normalized spacial score (nSPS) is 11.0. The van der Waals surface area contributed by atoms with E-state index in [1.165, 1.54) is 17.8 Å². The molecule has 0 spiro atoms. The van der Waals surface area contributed by atoms with E-state index in [0.717, 1.165) is 6.07 Å². The number of benzene rings is 2. The van der Waals surface area contributed by atoms with E-state index in [4.69, 9.17) is 9.15 Å². The number of furan rings is 1. The maximum Gasteiger partial charge on any atom is 0.205 e. The van der Waals surface area contributed by atoms with E-state index in [1.807, 2.05) is 24.3 Å². The average molecular weight is 399 g/mol. The Labute approximate surface area is 164 Å². The molecule has 2 heterocycles. The molecule has 0 unspecified atom stereocenters. The third kappa shape index (κ3) is 3.38. The summed E-state index contributed by atoms with van der Waals surface area (Å²) in [7, 11) is 1.57. The molecule has 4 rings (SSSR count). The van der Waals surface area contributed by atoms with Crippen molar-refractivity contribution in [3.8, 4) is 23.0 Å². The smallest absolute Gasteiger partial charge is 0.205 e. The highest BCUT2D eigenvalue weighted by Gasteiger charge is 2.21. The number of hydrogen-bond acceptors (Lipinski definition) is 5. The molecule has 0 atom stereocenters. The number of halogens is 2. The average Bonchev–Trinajstić information content (AvgIpc) is 3.38. The highest BCUT2D eigenvalue weighted by atomic mass is 32.2. The Morgan fingerprint density at radius 2 is 1.89 bits per heavy atom. The van der Waals surface area contributed by atoms with Crippen LogP contribution in [0.25, 0.3) is 17.3 Å². The molecule has 2 aromatic heterocycles. The molecule has 142 valence electrons. The molecular weight excluding hydrogens is 384 g/mol. The molecule has 8 heteroatoms. The van der Waals surface area contributed by atoms with Gasteiger partial charge in [-0.25, -0.2) is 8.78 Å². The second-order valence-corrected chi connectivity index (χ2v) is 6.73. The van der Waals surface area contributed by atoms with Crippen molar-refractivity contribution in [2.45, 2.75) is 10.9 Å². The summed E-state index contributed by atoms with van der Waals surface area (Å²) < 4.78 is 40.2. The topological polar surface area (TPSA) is 53.1 Å². The van der Waals surface area contributed by atoms with Gasteiger partial charge in [-0.05, 0) is 30.3 Å². The van der Waals surface area contributed by atoms with Gasteiger partial charge in [0, 0.05) is 11.3 Å². The van der Waals surface area contributed by atoms with Gasteiger partial charge in [-0.1, -0.05) is 36.0 Å². The van der Waals surface area contributed by atoms with Gasteiger partial charge in [0.1, 0.15) is 5.75 Å². The first kappa shape index (κ1) is 18.2. The summed E-state index contributed by atoms with van der Waals surface area (Å²) in [6, 6.07) is 15.1. The van der Waals surface area contributed by atoms with Crippen LogP contribution in [0.4, 0.5) is 8.78 Å². The van der Waals surface area contributed by atoms with Gasteiger partial charge in [-0.15, -0.1) is 10.2 Å². The zero-order chi connectivity index (χ0) is 19.5. The van der Waals surface area contributed by atoms with Crippen molar-refractivity contribution in [3.63, 3.8) is 0 Å². The minimum absolute atomic E-state index is 0.190. The van der Waals surface area contributed by atoms with Gasteiger partial charge < -0.3 is 9.15 Å². The second kappa shape index (κ2) is 7.85. The zero-order valence-electron chi connectivity index (χ0n) is 14.8. The summed E-state index contributed by atoms with van der Waals surface area (Å²) in [5.74, 6) is 0.0904. The summed E-state index contributed by atoms with van der Waals surface area (Å²) in [4.78, 5) is 0. The van der Waals surface area contributed by atoms with Crippen molar-refractivity contribution < 1.29 is 17.9 Å². The molecule has 4 aromatic rings. The Kier molecular flexibility index (Phi) is 5.12. The number of thioether (sulfide) groups is 1. The van der Waals surface area contributed by atoms with Crippen LogP contribution in [0.15, 0.2) is 70.4 Å². The summed E-state index contributed by atoms with van der Waals surface area (Å²) in [6.45, 7) is 0. The SMILES string of the molecule is COc1ccccc1-n1c(SCc2cccc(F)c2F)nnc1-c1ccco1. The van der Waals surface area contributed by atoms with Crippen molar-refractivity contribution in [1.82, 2.24) is 14.8 Å². The van der Waals surface area contributed by atoms with Crippen molar-refractivity contribution in [3.05, 3.63) is 78.1 Å². The molecule has 0 aliphatic carbocycles. The molecule has 0 N–H and O–H groups in total. The van der Waals surface area contributed by atoms with Crippen LogP contribution in [-0.4, -0.2) is 21.9 Å². The van der Waals surface area contributed by atoms with Crippen LogP contribution in [0, 0.1) is 11.6 Å². The zero-order valence-corrected chi connectivity index (χ0v) is 15.6. The molecule has 0 aliphatic rings. The van der Waals surface area contributed by atoms with Gasteiger partial charge in [0.15, 0.2) is 22.6 Å². The lowest BCUT2D eigenvalue weighted by atomic mass is 10.2. The first-order valence-corrected chi connectivity index (χ1v) is 9.36. The molecule has 0 saturated heterocycles. The molecule has 0 bridgehead atoms. The lowest BCUT2D eigenvalue weighted by Crippen LogP contribution is -2.02. The number of rotatable bonds is 6. The monoisotopic (exact) mass is 399 g/mol. The van der Waals surface area contributed by atoms with E-state index in [-0.39, 0.29) is 11.3 Å². The Morgan fingerprint density at radius 1 is 1.04 bits per heavy atom. The van der Waals surface area contributed by atoms with E-state index in [1.54, 1.807) is 36.1 Å². The lowest BCUT2D eigenvalue weighted by Gasteiger charge is -2.13. The second-order valence-electron chi connectivity index (χ2n) is 5.79. The lowest BCUT2D eigenvalue weighted by molar-refractivity contribution is 0.412. The van der Waals surface area contributed by atoms with Crippen molar-refractivity contribution >= 4 is 11.8 Å². The number of aromatic nitrogens is 3. The third-order valence-electron chi connectivity index (χ3n) is 4.09. The minimum atomic E-state index is -0.874. The van der Waals surface area contributed by atoms with Crippen LogP contribution < -0.4 is 4.74 Å². The fourth-order valence-corrected chi connectivity index (χ4v) is 3.68. The van der Waals surface area contributed by atoms with E-state index in [2.05, 4.69) is 10.2 Å². The first-order valence-electron chi connectivity index (χ1n) is 8.37. The molecule has 0 radical (unpaired) electrons. The predicted molar refractivity (Wildman–Crippen MR) is 102 cm³/mol. The fourth-order valence-electron chi connectivity index (χ4n) is 2.76. The summed E-state index contributed by atoms with van der Waals surface area (Å²) >= 11 is 1.24. The van der Waals surface area contributed by atoms with E-state index in [9.17, 15) is 8.78 Å². The standard InChI is InChI=1S/C20H15F2N3O2S/c1-26-16-9-3-2-8-15(16)25-19(17-10-5-11-27-17)23-24-20(25)28-12-13-6-4-7-14(21)18(13)22/h2-11H,12H2,1H3. The molecule has 28 heavy (non-hydrogen) atoms. The number of hydrogen-bond donors (Lipinski definition) is 0. The highest BCUT2D eigenvalue weighted by molar-refractivity contribution is 7.98. The van der Waals surface area contributed by atoms with Gasteiger partial charge in [0.25, 0.3) is 0 Å². The number of nitrogens with zero attached hydrogens (tertiary/aromatic N) is 3. The molecule has 0 amide bonds. The fraction of sp³-hybridized carbons (Fsp3) is 0.100. The van der Waals surface area contributed by atoms with Crippen molar-refractivity contribution in [2.75, 3.05) is 7.11 Å². The van der Waals surface area contributed by atoms with Gasteiger partial charge in [0.05, 0.1) is 19.1 Å². The van der Waals surface area contributed by atoms with E-state index in [0.29, 0.717) is 28.2 Å². The molecule has 5 nitrogen and oxygen atoms in total. The Hall–Kier alpha value is -3.13. The Balaban J connectivity index is 1.76. The maximum absolute atomic E-state index is 14.0. The maximum atomic E-state index is 14.0. The van der Waals surface area contributed by atoms with Crippen LogP contribution in [0.5, 0.6) is 5.75 Å². The number of ether oxygens (including phenoxy) is 1. The van der Waals surface area contributed by atoms with Crippen LogP contribution in [0.2, 0.25) is 0 Å². The molecular formula is C20H15F2N3O2S. The first-order chi connectivity index (χ1) is 13.7. The molecule has 0 saturated carbocycles. The number of para-hydroxylation sites is 2.